The first-order valence-corrected chi connectivity index (χ1v) is 4.72. The van der Waals surface area contributed by atoms with Crippen molar-refractivity contribution >= 4 is 0 Å². The van der Waals surface area contributed by atoms with Crippen LogP contribution in [0, 0.1) is 0 Å². The number of halogens is 3. The van der Waals surface area contributed by atoms with Gasteiger partial charge in [-0.3, -0.25) is 0 Å². The molecule has 0 aromatic heterocycles. The van der Waals surface area contributed by atoms with Gasteiger partial charge in [0.2, 0.25) is 0 Å². The summed E-state index contributed by atoms with van der Waals surface area (Å²) in [6, 6.07) is 0. The molecule has 0 amide bonds. The van der Waals surface area contributed by atoms with Crippen LogP contribution in [0.15, 0.2) is 36.0 Å². The van der Waals surface area contributed by atoms with Crippen LogP contribution in [-0.2, 0) is 0 Å². The molecule has 0 saturated carbocycles. The Kier molecular flexibility index (Phi) is 6.79. The Balaban J connectivity index is 4.31. The van der Waals surface area contributed by atoms with E-state index in [1.807, 2.05) is 0 Å². The third-order valence-corrected chi connectivity index (χ3v) is 1.59. The van der Waals surface area contributed by atoms with Crippen molar-refractivity contribution in [2.24, 2.45) is 0 Å². The fourth-order valence-corrected chi connectivity index (χ4v) is 0.943. The Bertz CT molecular complexity index is 249. The van der Waals surface area contributed by atoms with Gasteiger partial charge < -0.3 is 5.11 Å². The minimum absolute atomic E-state index is 0.0925. The molecule has 0 aromatic carbocycles. The van der Waals surface area contributed by atoms with E-state index >= 15 is 0 Å². The highest BCUT2D eigenvalue weighted by Crippen LogP contribution is 2.26. The molecule has 0 rings (SSSR count). The number of aliphatic hydroxyl groups is 1. The first-order valence-electron chi connectivity index (χ1n) is 4.72. The Labute approximate surface area is 87.6 Å². The van der Waals surface area contributed by atoms with E-state index in [1.165, 1.54) is 12.2 Å². The number of aliphatic hydroxyl groups excluding tert-OH is 1. The van der Waals surface area contributed by atoms with Gasteiger partial charge in [-0.15, -0.1) is 0 Å². The second kappa shape index (κ2) is 7.29. The van der Waals surface area contributed by atoms with Gasteiger partial charge in [-0.05, 0) is 12.8 Å². The van der Waals surface area contributed by atoms with Crippen LogP contribution in [0.4, 0.5) is 13.2 Å². The largest absolute Gasteiger partial charge is 0.416 e. The van der Waals surface area contributed by atoms with Crippen molar-refractivity contribution in [3.8, 4) is 0 Å². The van der Waals surface area contributed by atoms with E-state index in [0.717, 1.165) is 12.2 Å². The van der Waals surface area contributed by atoms with E-state index in [4.69, 9.17) is 5.11 Å². The molecule has 0 heterocycles. The summed E-state index contributed by atoms with van der Waals surface area (Å²) in [6.07, 6.45) is 3.17. The van der Waals surface area contributed by atoms with Gasteiger partial charge in [0.1, 0.15) is 0 Å². The highest BCUT2D eigenvalue weighted by Gasteiger charge is 2.30. The maximum atomic E-state index is 12.3. The summed E-state index contributed by atoms with van der Waals surface area (Å²) in [5.74, 6) is 0. The molecule has 0 aliphatic heterocycles. The van der Waals surface area contributed by atoms with Gasteiger partial charge in [-0.25, -0.2) is 0 Å². The smallest absolute Gasteiger partial charge is 0.392 e. The summed E-state index contributed by atoms with van der Waals surface area (Å²) >= 11 is 0. The van der Waals surface area contributed by atoms with E-state index in [-0.39, 0.29) is 6.61 Å². The Morgan fingerprint density at radius 2 is 1.87 bits per heavy atom. The van der Waals surface area contributed by atoms with E-state index in [1.54, 1.807) is 13.0 Å². The molecule has 0 spiro atoms. The lowest BCUT2D eigenvalue weighted by Crippen LogP contribution is -2.09. The van der Waals surface area contributed by atoms with Crippen molar-refractivity contribution in [1.82, 2.24) is 0 Å². The first-order chi connectivity index (χ1) is 7.02. The zero-order valence-electron chi connectivity index (χ0n) is 8.59. The molecule has 1 N–H and O–H groups in total. The molecule has 0 aliphatic carbocycles. The molecule has 0 aromatic rings. The van der Waals surface area contributed by atoms with Crippen LogP contribution in [0.25, 0.3) is 0 Å². The average Bonchev–Trinajstić information content (AvgIpc) is 2.14. The van der Waals surface area contributed by atoms with Gasteiger partial charge in [0.15, 0.2) is 0 Å². The first kappa shape index (κ1) is 14.0. The number of hydrogen-bond donors (Lipinski definition) is 1. The zero-order chi connectivity index (χ0) is 11.7. The minimum atomic E-state index is -4.28. The monoisotopic (exact) mass is 220 g/mol. The summed E-state index contributed by atoms with van der Waals surface area (Å²) in [6.45, 7) is 1.57. The fourth-order valence-electron chi connectivity index (χ4n) is 0.943. The predicted molar refractivity (Wildman–Crippen MR) is 54.4 cm³/mol. The topological polar surface area (TPSA) is 20.2 Å². The number of alkyl halides is 3. The van der Waals surface area contributed by atoms with Crippen molar-refractivity contribution in [2.75, 3.05) is 6.61 Å². The lowest BCUT2D eigenvalue weighted by Gasteiger charge is -2.06. The van der Waals surface area contributed by atoms with Gasteiger partial charge in [-0.2, -0.15) is 13.2 Å². The quantitative estimate of drug-likeness (QED) is 0.556. The maximum Gasteiger partial charge on any atom is 0.416 e. The zero-order valence-corrected chi connectivity index (χ0v) is 8.59. The van der Waals surface area contributed by atoms with E-state index in [2.05, 4.69) is 0 Å². The third kappa shape index (κ3) is 6.96. The van der Waals surface area contributed by atoms with Gasteiger partial charge in [0, 0.05) is 0 Å². The standard InChI is InChI=1S/C11H15F3O/c1-2-7-10(11(12,13)14)8-5-3-4-6-9-15/h4-8,15H,2-3,9H2,1H3/b6-4+,8-5-,10-7+. The molecular weight excluding hydrogens is 205 g/mol. The molecule has 1 nitrogen and oxygen atoms in total. The molecule has 86 valence electrons. The summed E-state index contributed by atoms with van der Waals surface area (Å²) in [7, 11) is 0. The highest BCUT2D eigenvalue weighted by atomic mass is 19.4. The Hall–Kier alpha value is -1.03. The van der Waals surface area contributed by atoms with Crippen LogP contribution >= 0.6 is 0 Å². The van der Waals surface area contributed by atoms with E-state index < -0.39 is 11.7 Å². The fraction of sp³-hybridized carbons (Fsp3) is 0.455. The van der Waals surface area contributed by atoms with Crippen molar-refractivity contribution in [3.05, 3.63) is 36.0 Å². The molecule has 0 fully saturated rings. The average molecular weight is 220 g/mol. The molecular formula is C11H15F3O. The SMILES string of the molecule is CC/C=C(\C=C/C/C=C/CO)C(F)(F)F. The van der Waals surface area contributed by atoms with Crippen molar-refractivity contribution in [1.29, 1.82) is 0 Å². The highest BCUT2D eigenvalue weighted by molar-refractivity contribution is 5.24. The van der Waals surface area contributed by atoms with Crippen molar-refractivity contribution < 1.29 is 18.3 Å². The Morgan fingerprint density at radius 1 is 1.20 bits per heavy atom. The molecule has 0 saturated heterocycles. The molecule has 0 radical (unpaired) electrons. The second-order valence-corrected chi connectivity index (χ2v) is 2.86. The second-order valence-electron chi connectivity index (χ2n) is 2.86. The van der Waals surface area contributed by atoms with Gasteiger partial charge in [-0.1, -0.05) is 37.3 Å². The Morgan fingerprint density at radius 3 is 2.33 bits per heavy atom. The predicted octanol–water partition coefficient (Wildman–Crippen LogP) is 3.38. The van der Waals surface area contributed by atoms with Crippen LogP contribution in [0.3, 0.4) is 0 Å². The summed E-state index contributed by atoms with van der Waals surface area (Å²) in [5.41, 5.74) is -0.623. The summed E-state index contributed by atoms with van der Waals surface area (Å²) in [4.78, 5) is 0. The number of rotatable bonds is 5. The number of hydrogen-bond acceptors (Lipinski definition) is 1. The molecule has 4 heteroatoms. The third-order valence-electron chi connectivity index (χ3n) is 1.59. The summed E-state index contributed by atoms with van der Waals surface area (Å²) < 4.78 is 36.9. The van der Waals surface area contributed by atoms with Crippen LogP contribution < -0.4 is 0 Å². The van der Waals surface area contributed by atoms with E-state index in [9.17, 15) is 13.2 Å². The van der Waals surface area contributed by atoms with Crippen molar-refractivity contribution in [2.45, 2.75) is 25.9 Å². The lowest BCUT2D eigenvalue weighted by atomic mass is 10.2. The van der Waals surface area contributed by atoms with Crippen LogP contribution in [0.5, 0.6) is 0 Å². The summed E-state index contributed by atoms with van der Waals surface area (Å²) in [5, 5.41) is 8.39. The molecule has 0 atom stereocenters. The van der Waals surface area contributed by atoms with Gasteiger partial charge >= 0.3 is 6.18 Å². The number of allylic oxidation sites excluding steroid dienone is 5. The maximum absolute atomic E-state index is 12.3. The van der Waals surface area contributed by atoms with Crippen LogP contribution in [0.2, 0.25) is 0 Å². The molecule has 0 aliphatic rings. The lowest BCUT2D eigenvalue weighted by molar-refractivity contribution is -0.0884. The molecule has 15 heavy (non-hydrogen) atoms. The van der Waals surface area contributed by atoms with Gasteiger partial charge in [0.05, 0.1) is 12.2 Å². The van der Waals surface area contributed by atoms with Gasteiger partial charge in [0.25, 0.3) is 0 Å². The minimum Gasteiger partial charge on any atom is -0.392 e. The van der Waals surface area contributed by atoms with E-state index in [0.29, 0.717) is 12.8 Å². The van der Waals surface area contributed by atoms with Crippen LogP contribution in [0.1, 0.15) is 19.8 Å². The van der Waals surface area contributed by atoms with Crippen LogP contribution in [-0.4, -0.2) is 17.9 Å². The van der Waals surface area contributed by atoms with Crippen molar-refractivity contribution in [3.63, 3.8) is 0 Å². The molecule has 0 unspecified atom stereocenters. The molecule has 0 bridgehead atoms. The normalized spacial score (nSPS) is 14.3.